The quantitative estimate of drug-likeness (QED) is 0.163. The molecule has 2 aliphatic carbocycles. The maximum atomic E-state index is 8.43. The van der Waals surface area contributed by atoms with Gasteiger partial charge in [-0.2, -0.15) is 0 Å². The first-order chi connectivity index (χ1) is 30.0. The van der Waals surface area contributed by atoms with E-state index in [1.54, 1.807) is 0 Å². The highest BCUT2D eigenvalue weighted by atomic mass is 14.5. The van der Waals surface area contributed by atoms with Gasteiger partial charge in [0.2, 0.25) is 0 Å². The summed E-state index contributed by atoms with van der Waals surface area (Å²) >= 11 is 0. The van der Waals surface area contributed by atoms with Gasteiger partial charge >= 0.3 is 0 Å². The lowest BCUT2D eigenvalue weighted by atomic mass is 9.55. The van der Waals surface area contributed by atoms with Gasteiger partial charge in [-0.1, -0.05) is 226 Å². The standard InChI is InChI=1S/C41H31N.C19H16/c1-40(2)34-17-6-8-19-36(34)41(37-20-9-7-18-35(37)40)33-23-22-30(25-32(33)39-31(26-42)16-11-21-38(39)41)29-15-10-14-28(24-29)27-12-4-3-5-13-27;1-3-7-16(8-4-1)15-17-11-13-19(14-12-17)18-9-5-2-6-10-18/h3-26,42H,1-2H3;1-14H,15H2. The summed E-state index contributed by atoms with van der Waals surface area (Å²) in [6.07, 6.45) is 2.52. The van der Waals surface area contributed by atoms with E-state index in [2.05, 4.69) is 232 Å². The average molecular weight is 782 g/mol. The number of nitrogens with one attached hydrogen (secondary N) is 1. The monoisotopic (exact) mass is 781 g/mol. The molecule has 0 heterocycles. The van der Waals surface area contributed by atoms with E-state index in [0.29, 0.717) is 0 Å². The molecule has 11 rings (SSSR count). The van der Waals surface area contributed by atoms with Crippen LogP contribution in [-0.2, 0) is 17.3 Å². The van der Waals surface area contributed by atoms with Gasteiger partial charge in [0, 0.05) is 17.2 Å². The Morgan fingerprint density at radius 3 is 1.39 bits per heavy atom. The van der Waals surface area contributed by atoms with E-state index < -0.39 is 5.41 Å². The van der Waals surface area contributed by atoms with E-state index in [9.17, 15) is 0 Å². The Hall–Kier alpha value is -7.35. The maximum absolute atomic E-state index is 8.43. The molecule has 0 atom stereocenters. The summed E-state index contributed by atoms with van der Waals surface area (Å²) in [5, 5.41) is 8.43. The predicted molar refractivity (Wildman–Crippen MR) is 256 cm³/mol. The molecule has 1 spiro atoms. The molecule has 1 N–H and O–H groups in total. The van der Waals surface area contributed by atoms with E-state index in [1.807, 2.05) is 6.07 Å². The van der Waals surface area contributed by atoms with Gasteiger partial charge in [0.1, 0.15) is 0 Å². The van der Waals surface area contributed by atoms with Crippen molar-refractivity contribution in [2.24, 2.45) is 0 Å². The number of hydrogen-bond donors (Lipinski definition) is 1. The lowest BCUT2D eigenvalue weighted by Crippen LogP contribution is -2.40. The Kier molecular flexibility index (Phi) is 9.74. The van der Waals surface area contributed by atoms with Crippen LogP contribution in [0.15, 0.2) is 224 Å². The van der Waals surface area contributed by atoms with E-state index >= 15 is 0 Å². The summed E-state index contributed by atoms with van der Waals surface area (Å²) in [6.45, 7) is 4.70. The van der Waals surface area contributed by atoms with Crippen molar-refractivity contribution in [1.82, 2.24) is 0 Å². The molecule has 0 saturated heterocycles. The summed E-state index contributed by atoms with van der Waals surface area (Å²) in [4.78, 5) is 0. The topological polar surface area (TPSA) is 23.9 Å². The molecule has 0 bridgehead atoms. The zero-order valence-corrected chi connectivity index (χ0v) is 34.6. The van der Waals surface area contributed by atoms with Crippen LogP contribution in [0.2, 0.25) is 0 Å². The smallest absolute Gasteiger partial charge is 0.0719 e. The fourth-order valence-corrected chi connectivity index (χ4v) is 10.1. The van der Waals surface area contributed by atoms with Crippen LogP contribution in [0.3, 0.4) is 0 Å². The highest BCUT2D eigenvalue weighted by Crippen LogP contribution is 2.62. The van der Waals surface area contributed by atoms with Crippen LogP contribution in [0.25, 0.3) is 44.5 Å². The van der Waals surface area contributed by atoms with Gasteiger partial charge in [-0.05, 0) is 108 Å². The van der Waals surface area contributed by atoms with Crippen LogP contribution < -0.4 is 0 Å². The van der Waals surface area contributed by atoms with Gasteiger partial charge in [0.25, 0.3) is 0 Å². The van der Waals surface area contributed by atoms with Crippen molar-refractivity contribution in [2.45, 2.75) is 31.1 Å². The molecule has 0 amide bonds. The molecule has 0 aromatic heterocycles. The highest BCUT2D eigenvalue weighted by Gasteiger charge is 2.53. The molecular formula is C60H47N. The number of fused-ring (bicyclic) bond motifs is 9. The molecule has 1 heteroatoms. The molecular weight excluding hydrogens is 735 g/mol. The minimum Gasteiger partial charge on any atom is -0.308 e. The van der Waals surface area contributed by atoms with Gasteiger partial charge in [0.15, 0.2) is 0 Å². The van der Waals surface area contributed by atoms with Crippen molar-refractivity contribution >= 4 is 6.21 Å². The fraction of sp³-hybridized carbons (Fsp3) is 0.0833. The minimum atomic E-state index is -0.448. The zero-order chi connectivity index (χ0) is 41.4. The second-order valence-corrected chi connectivity index (χ2v) is 16.8. The van der Waals surface area contributed by atoms with E-state index in [-0.39, 0.29) is 5.41 Å². The lowest BCUT2D eigenvalue weighted by Gasteiger charge is -2.46. The summed E-state index contributed by atoms with van der Waals surface area (Å²) < 4.78 is 0. The molecule has 0 fully saturated rings. The van der Waals surface area contributed by atoms with Crippen LogP contribution in [-0.4, -0.2) is 6.21 Å². The van der Waals surface area contributed by atoms with Crippen LogP contribution >= 0.6 is 0 Å². The van der Waals surface area contributed by atoms with Crippen LogP contribution in [0, 0.1) is 5.41 Å². The summed E-state index contributed by atoms with van der Waals surface area (Å²) in [7, 11) is 0. The molecule has 0 aliphatic heterocycles. The van der Waals surface area contributed by atoms with Crippen molar-refractivity contribution in [1.29, 1.82) is 5.41 Å². The normalized spacial score (nSPS) is 13.5. The van der Waals surface area contributed by atoms with Crippen LogP contribution in [0.5, 0.6) is 0 Å². The summed E-state index contributed by atoms with van der Waals surface area (Å²) in [5.41, 5.74) is 20.8. The van der Waals surface area contributed by atoms with Gasteiger partial charge in [0.05, 0.1) is 5.41 Å². The molecule has 9 aromatic rings. The maximum Gasteiger partial charge on any atom is 0.0719 e. The number of rotatable bonds is 6. The van der Waals surface area contributed by atoms with Crippen molar-refractivity contribution in [2.75, 3.05) is 0 Å². The number of benzene rings is 9. The van der Waals surface area contributed by atoms with Gasteiger partial charge in [-0.15, -0.1) is 0 Å². The molecule has 292 valence electrons. The highest BCUT2D eigenvalue weighted by molar-refractivity contribution is 5.99. The SMILES string of the molecule is CC1(C)c2ccccc2C2(c3ccc(-c4cccc(-c5ccccc5)c4)cc3-c3c(C=N)cccc32)c2ccccc21.c1ccc(Cc2ccc(-c3ccccc3)cc2)cc1. The summed E-state index contributed by atoms with van der Waals surface area (Å²) in [5.74, 6) is 0. The second-order valence-electron chi connectivity index (χ2n) is 16.8. The molecule has 0 unspecified atom stereocenters. The zero-order valence-electron chi connectivity index (χ0n) is 34.6. The molecule has 2 aliphatic rings. The van der Waals surface area contributed by atoms with E-state index in [4.69, 9.17) is 5.41 Å². The van der Waals surface area contributed by atoms with Gasteiger partial charge in [-0.25, -0.2) is 0 Å². The fourth-order valence-electron chi connectivity index (χ4n) is 10.1. The Morgan fingerprint density at radius 1 is 0.361 bits per heavy atom. The van der Waals surface area contributed by atoms with E-state index in [0.717, 1.165) is 12.0 Å². The molecule has 1 nitrogen and oxygen atoms in total. The largest absolute Gasteiger partial charge is 0.308 e. The van der Waals surface area contributed by atoms with E-state index in [1.165, 1.54) is 95.2 Å². The second kappa shape index (κ2) is 15.7. The number of hydrogen-bond acceptors (Lipinski definition) is 1. The third kappa shape index (κ3) is 6.55. The lowest BCUT2D eigenvalue weighted by molar-refractivity contribution is 0.563. The first kappa shape index (κ1) is 37.9. The van der Waals surface area contributed by atoms with Crippen molar-refractivity contribution in [3.8, 4) is 44.5 Å². The van der Waals surface area contributed by atoms with Crippen molar-refractivity contribution in [3.63, 3.8) is 0 Å². The predicted octanol–water partition coefficient (Wildman–Crippen LogP) is 15.0. The van der Waals surface area contributed by atoms with Crippen LogP contribution in [0.1, 0.15) is 63.9 Å². The Bertz CT molecular complexity index is 2960. The Labute approximate surface area is 360 Å². The third-order valence-electron chi connectivity index (χ3n) is 13.0. The first-order valence-corrected chi connectivity index (χ1v) is 21.3. The molecule has 0 saturated carbocycles. The first-order valence-electron chi connectivity index (χ1n) is 21.3. The average Bonchev–Trinajstić information content (AvgIpc) is 3.63. The molecule has 9 aromatic carbocycles. The van der Waals surface area contributed by atoms with Crippen LogP contribution in [0.4, 0.5) is 0 Å². The minimum absolute atomic E-state index is 0.127. The third-order valence-corrected chi connectivity index (χ3v) is 13.0. The van der Waals surface area contributed by atoms with Crippen molar-refractivity contribution in [3.05, 3.63) is 275 Å². The summed E-state index contributed by atoms with van der Waals surface area (Å²) in [6, 6.07) is 80.9. The molecule has 0 radical (unpaired) electrons. The van der Waals surface area contributed by atoms with Gasteiger partial charge in [-0.3, -0.25) is 0 Å². The molecule has 61 heavy (non-hydrogen) atoms. The van der Waals surface area contributed by atoms with Crippen molar-refractivity contribution < 1.29 is 0 Å². The Balaban J connectivity index is 0.000000196. The van der Waals surface area contributed by atoms with Gasteiger partial charge < -0.3 is 5.41 Å². The Morgan fingerprint density at radius 2 is 0.787 bits per heavy atom.